The van der Waals surface area contributed by atoms with E-state index in [2.05, 4.69) is 35.2 Å². The first-order valence-electron chi connectivity index (χ1n) is 7.22. The molecule has 1 atom stereocenters. The predicted octanol–water partition coefficient (Wildman–Crippen LogP) is 4.20. The van der Waals surface area contributed by atoms with Crippen molar-refractivity contribution >= 4 is 11.6 Å². The van der Waals surface area contributed by atoms with Crippen LogP contribution < -0.4 is 0 Å². The first-order chi connectivity index (χ1) is 8.78. The summed E-state index contributed by atoms with van der Waals surface area (Å²) in [6.07, 6.45) is 8.07. The number of benzene rings is 1. The molecule has 0 radical (unpaired) electrons. The molecule has 1 spiro atoms. The third kappa shape index (κ3) is 2.44. The number of halogens is 1. The lowest BCUT2D eigenvalue weighted by Gasteiger charge is -2.41. The van der Waals surface area contributed by atoms with Gasteiger partial charge in [-0.3, -0.25) is 4.90 Å². The van der Waals surface area contributed by atoms with E-state index in [9.17, 15) is 0 Å². The Hall–Kier alpha value is -0.530. The topological polar surface area (TPSA) is 3.24 Å². The molecule has 2 fully saturated rings. The van der Waals surface area contributed by atoms with Crippen molar-refractivity contribution in [3.05, 3.63) is 35.9 Å². The first-order valence-corrected chi connectivity index (χ1v) is 7.65. The average molecular weight is 264 g/mol. The molecule has 1 heterocycles. The molecule has 1 saturated heterocycles. The molecule has 1 aliphatic heterocycles. The lowest BCUT2D eigenvalue weighted by Crippen LogP contribution is -2.44. The molecule has 0 amide bonds. The van der Waals surface area contributed by atoms with Crippen LogP contribution in [-0.4, -0.2) is 22.4 Å². The van der Waals surface area contributed by atoms with E-state index < -0.39 is 0 Å². The molecular weight excluding hydrogens is 242 g/mol. The quantitative estimate of drug-likeness (QED) is 0.723. The van der Waals surface area contributed by atoms with E-state index in [0.717, 1.165) is 13.1 Å². The fourth-order valence-electron chi connectivity index (χ4n) is 3.81. The van der Waals surface area contributed by atoms with E-state index in [1.54, 1.807) is 0 Å². The van der Waals surface area contributed by atoms with Gasteiger partial charge >= 0.3 is 0 Å². The molecule has 1 nitrogen and oxygen atoms in total. The van der Waals surface area contributed by atoms with Crippen molar-refractivity contribution in [3.63, 3.8) is 0 Å². The van der Waals surface area contributed by atoms with Crippen molar-refractivity contribution in [1.82, 2.24) is 4.90 Å². The van der Waals surface area contributed by atoms with Crippen LogP contribution in [0.2, 0.25) is 0 Å². The van der Waals surface area contributed by atoms with Gasteiger partial charge in [0.05, 0.1) is 0 Å². The Kier molecular flexibility index (Phi) is 3.63. The fraction of sp³-hybridized carbons (Fsp3) is 0.625. The number of rotatable bonds is 2. The largest absolute Gasteiger partial charge is 0.292 e. The molecule has 1 aliphatic carbocycles. The summed E-state index contributed by atoms with van der Waals surface area (Å²) in [5.74, 6) is 0. The standard InChI is InChI=1S/C16H22ClN/c17-15-11-16(9-5-2-6-10-16)18(13-15)12-14-7-3-1-4-8-14/h1,3-4,7-8,15H,2,5-6,9-13H2. The summed E-state index contributed by atoms with van der Waals surface area (Å²) in [6.45, 7) is 2.14. The summed E-state index contributed by atoms with van der Waals surface area (Å²) >= 11 is 6.45. The van der Waals surface area contributed by atoms with Gasteiger partial charge in [0.2, 0.25) is 0 Å². The molecule has 1 unspecified atom stereocenters. The van der Waals surface area contributed by atoms with Gasteiger partial charge in [0.1, 0.15) is 0 Å². The van der Waals surface area contributed by atoms with Gasteiger partial charge in [0.25, 0.3) is 0 Å². The van der Waals surface area contributed by atoms with Crippen molar-refractivity contribution in [2.45, 2.75) is 56.0 Å². The highest BCUT2D eigenvalue weighted by Gasteiger charge is 2.44. The van der Waals surface area contributed by atoms with Crippen LogP contribution in [0.15, 0.2) is 30.3 Å². The average Bonchev–Trinajstić information content (AvgIpc) is 2.67. The van der Waals surface area contributed by atoms with Crippen LogP contribution in [0, 0.1) is 0 Å². The third-order valence-corrected chi connectivity index (χ3v) is 4.98. The number of alkyl halides is 1. The minimum atomic E-state index is 0.354. The Morgan fingerprint density at radius 2 is 1.83 bits per heavy atom. The van der Waals surface area contributed by atoms with Crippen molar-refractivity contribution in [3.8, 4) is 0 Å². The summed E-state index contributed by atoms with van der Waals surface area (Å²) in [5, 5.41) is 0.354. The van der Waals surface area contributed by atoms with Gasteiger partial charge in [-0.2, -0.15) is 0 Å². The predicted molar refractivity (Wildman–Crippen MR) is 76.9 cm³/mol. The SMILES string of the molecule is ClC1CN(Cc2ccccc2)C2(CCCCC2)C1. The zero-order chi connectivity index (χ0) is 12.4. The van der Waals surface area contributed by atoms with E-state index in [4.69, 9.17) is 11.6 Å². The Labute approximate surface area is 115 Å². The molecule has 0 bridgehead atoms. The van der Waals surface area contributed by atoms with E-state index in [-0.39, 0.29) is 0 Å². The molecule has 1 saturated carbocycles. The Balaban J connectivity index is 1.77. The van der Waals surface area contributed by atoms with Crippen molar-refractivity contribution < 1.29 is 0 Å². The molecule has 2 heteroatoms. The van der Waals surface area contributed by atoms with Gasteiger partial charge in [0, 0.05) is 24.0 Å². The smallest absolute Gasteiger partial charge is 0.0481 e. The number of hydrogen-bond donors (Lipinski definition) is 0. The van der Waals surface area contributed by atoms with Gasteiger partial charge in [0.15, 0.2) is 0 Å². The maximum Gasteiger partial charge on any atom is 0.0481 e. The second-order valence-corrected chi connectivity index (χ2v) is 6.57. The second-order valence-electron chi connectivity index (χ2n) is 5.95. The van der Waals surface area contributed by atoms with Crippen molar-refractivity contribution in [2.24, 2.45) is 0 Å². The Morgan fingerprint density at radius 3 is 2.56 bits per heavy atom. The third-order valence-electron chi connectivity index (χ3n) is 4.69. The maximum absolute atomic E-state index is 6.45. The van der Waals surface area contributed by atoms with Gasteiger partial charge in [-0.1, -0.05) is 49.6 Å². The minimum absolute atomic E-state index is 0.354. The van der Waals surface area contributed by atoms with Crippen LogP contribution in [0.5, 0.6) is 0 Å². The van der Waals surface area contributed by atoms with Crippen LogP contribution >= 0.6 is 11.6 Å². The number of nitrogens with zero attached hydrogens (tertiary/aromatic N) is 1. The fourth-order valence-corrected chi connectivity index (χ4v) is 4.26. The molecule has 18 heavy (non-hydrogen) atoms. The van der Waals surface area contributed by atoms with Crippen LogP contribution in [0.1, 0.15) is 44.1 Å². The molecule has 0 aromatic heterocycles. The van der Waals surface area contributed by atoms with Gasteiger partial charge < -0.3 is 0 Å². The molecule has 3 rings (SSSR count). The molecule has 0 N–H and O–H groups in total. The lowest BCUT2D eigenvalue weighted by atomic mass is 9.79. The summed E-state index contributed by atoms with van der Waals surface area (Å²) < 4.78 is 0. The molecule has 1 aromatic rings. The summed E-state index contributed by atoms with van der Waals surface area (Å²) in [6, 6.07) is 10.8. The summed E-state index contributed by atoms with van der Waals surface area (Å²) in [4.78, 5) is 2.67. The molecule has 1 aromatic carbocycles. The van der Waals surface area contributed by atoms with Crippen LogP contribution in [-0.2, 0) is 6.54 Å². The number of hydrogen-bond acceptors (Lipinski definition) is 1. The Bertz CT molecular complexity index is 383. The van der Waals surface area contributed by atoms with Gasteiger partial charge in [-0.15, -0.1) is 11.6 Å². The lowest BCUT2D eigenvalue weighted by molar-refractivity contribution is 0.0859. The molecule has 2 aliphatic rings. The second kappa shape index (κ2) is 5.22. The van der Waals surface area contributed by atoms with Gasteiger partial charge in [-0.05, 0) is 24.8 Å². The first kappa shape index (κ1) is 12.5. The Morgan fingerprint density at radius 1 is 1.11 bits per heavy atom. The highest BCUT2D eigenvalue weighted by Crippen LogP contribution is 2.43. The zero-order valence-electron chi connectivity index (χ0n) is 10.9. The van der Waals surface area contributed by atoms with Crippen LogP contribution in [0.4, 0.5) is 0 Å². The van der Waals surface area contributed by atoms with Crippen LogP contribution in [0.25, 0.3) is 0 Å². The van der Waals surface area contributed by atoms with E-state index in [1.165, 1.54) is 44.1 Å². The van der Waals surface area contributed by atoms with E-state index >= 15 is 0 Å². The highest BCUT2D eigenvalue weighted by molar-refractivity contribution is 6.21. The number of likely N-dealkylation sites (tertiary alicyclic amines) is 1. The van der Waals surface area contributed by atoms with Crippen molar-refractivity contribution in [1.29, 1.82) is 0 Å². The van der Waals surface area contributed by atoms with Crippen molar-refractivity contribution in [2.75, 3.05) is 6.54 Å². The molecular formula is C16H22ClN. The highest BCUT2D eigenvalue weighted by atomic mass is 35.5. The van der Waals surface area contributed by atoms with E-state index in [0.29, 0.717) is 10.9 Å². The maximum atomic E-state index is 6.45. The minimum Gasteiger partial charge on any atom is -0.292 e. The monoisotopic (exact) mass is 263 g/mol. The normalized spacial score (nSPS) is 27.7. The van der Waals surface area contributed by atoms with E-state index in [1.807, 2.05) is 0 Å². The van der Waals surface area contributed by atoms with Crippen LogP contribution in [0.3, 0.4) is 0 Å². The zero-order valence-corrected chi connectivity index (χ0v) is 11.7. The van der Waals surface area contributed by atoms with Gasteiger partial charge in [-0.25, -0.2) is 0 Å². The summed E-state index contributed by atoms with van der Waals surface area (Å²) in [5.41, 5.74) is 1.84. The summed E-state index contributed by atoms with van der Waals surface area (Å²) in [7, 11) is 0. The molecule has 98 valence electrons.